The summed E-state index contributed by atoms with van der Waals surface area (Å²) >= 11 is 0. The fourth-order valence-corrected chi connectivity index (χ4v) is 5.45. The van der Waals surface area contributed by atoms with E-state index in [0.717, 1.165) is 38.1 Å². The van der Waals surface area contributed by atoms with E-state index in [1.165, 1.54) is 11.1 Å². The van der Waals surface area contributed by atoms with Crippen LogP contribution in [-0.2, 0) is 9.53 Å². The van der Waals surface area contributed by atoms with Crippen molar-refractivity contribution in [3.63, 3.8) is 0 Å². The first-order valence-electron chi connectivity index (χ1n) is 11.1. The Morgan fingerprint density at radius 2 is 2.10 bits per heavy atom. The Morgan fingerprint density at radius 3 is 2.83 bits per heavy atom. The van der Waals surface area contributed by atoms with Crippen LogP contribution in [0.2, 0.25) is 0 Å². The zero-order valence-electron chi connectivity index (χ0n) is 18.5. The number of carbonyl (C=O) groups excluding carboxylic acids is 1. The van der Waals surface area contributed by atoms with Gasteiger partial charge in [-0.2, -0.15) is 0 Å². The minimum Gasteiger partial charge on any atom is -0.487 e. The van der Waals surface area contributed by atoms with Crippen molar-refractivity contribution in [2.24, 2.45) is 23.5 Å². The topological polar surface area (TPSA) is 64.8 Å². The molecule has 2 saturated heterocycles. The van der Waals surface area contributed by atoms with Crippen molar-refractivity contribution in [2.45, 2.75) is 77.7 Å². The zero-order valence-corrected chi connectivity index (χ0v) is 18.5. The van der Waals surface area contributed by atoms with Crippen LogP contribution in [0.15, 0.2) is 18.2 Å². The monoisotopic (exact) mass is 400 g/mol. The number of amides is 1. The van der Waals surface area contributed by atoms with Crippen molar-refractivity contribution in [3.8, 4) is 5.75 Å². The molecule has 2 N–H and O–H groups in total. The van der Waals surface area contributed by atoms with Crippen molar-refractivity contribution in [2.75, 3.05) is 13.1 Å². The first kappa shape index (κ1) is 20.7. The van der Waals surface area contributed by atoms with Crippen LogP contribution < -0.4 is 10.5 Å². The van der Waals surface area contributed by atoms with Crippen molar-refractivity contribution < 1.29 is 14.3 Å². The molecular formula is C24H36N2O3. The van der Waals surface area contributed by atoms with Gasteiger partial charge in [0.15, 0.2) is 0 Å². The second-order valence-corrected chi connectivity index (χ2v) is 10.3. The Hall–Kier alpha value is -1.59. The van der Waals surface area contributed by atoms with Crippen LogP contribution >= 0.6 is 0 Å². The van der Waals surface area contributed by atoms with Gasteiger partial charge in [-0.1, -0.05) is 26.0 Å². The maximum atomic E-state index is 12.8. The van der Waals surface area contributed by atoms with Gasteiger partial charge in [-0.3, -0.25) is 4.79 Å². The van der Waals surface area contributed by atoms with Crippen LogP contribution in [-0.4, -0.2) is 41.6 Å². The van der Waals surface area contributed by atoms with Crippen molar-refractivity contribution in [3.05, 3.63) is 29.3 Å². The van der Waals surface area contributed by atoms with Gasteiger partial charge in [0.1, 0.15) is 11.4 Å². The molecule has 160 valence electrons. The molecular weight excluding hydrogens is 364 g/mol. The Balaban J connectivity index is 1.51. The molecule has 5 atom stereocenters. The smallest absolute Gasteiger partial charge is 0.239 e. The van der Waals surface area contributed by atoms with E-state index < -0.39 is 6.04 Å². The van der Waals surface area contributed by atoms with Crippen LogP contribution in [0.5, 0.6) is 5.75 Å². The lowest BCUT2D eigenvalue weighted by molar-refractivity contribution is -0.189. The summed E-state index contributed by atoms with van der Waals surface area (Å²) in [6, 6.07) is 6.04. The van der Waals surface area contributed by atoms with Gasteiger partial charge >= 0.3 is 0 Å². The summed E-state index contributed by atoms with van der Waals surface area (Å²) in [6.07, 6.45) is 2.91. The van der Waals surface area contributed by atoms with E-state index in [1.54, 1.807) is 0 Å². The summed E-state index contributed by atoms with van der Waals surface area (Å²) in [7, 11) is 0. The summed E-state index contributed by atoms with van der Waals surface area (Å²) in [5.74, 6) is 2.10. The van der Waals surface area contributed by atoms with Crippen molar-refractivity contribution in [1.82, 2.24) is 4.90 Å². The van der Waals surface area contributed by atoms with E-state index in [0.29, 0.717) is 11.8 Å². The minimum absolute atomic E-state index is 0.0704. The predicted molar refractivity (Wildman–Crippen MR) is 114 cm³/mol. The third-order valence-corrected chi connectivity index (χ3v) is 7.00. The Labute approximate surface area is 174 Å². The molecule has 0 unspecified atom stereocenters. The van der Waals surface area contributed by atoms with E-state index in [4.69, 9.17) is 15.2 Å². The van der Waals surface area contributed by atoms with E-state index in [1.807, 2.05) is 4.90 Å². The molecule has 0 aromatic heterocycles. The van der Waals surface area contributed by atoms with Gasteiger partial charge in [0.2, 0.25) is 5.91 Å². The van der Waals surface area contributed by atoms with Crippen LogP contribution in [0, 0.1) is 24.7 Å². The molecule has 2 fully saturated rings. The van der Waals surface area contributed by atoms with Crippen LogP contribution in [0.1, 0.15) is 64.2 Å². The van der Waals surface area contributed by atoms with Crippen LogP contribution in [0.3, 0.4) is 0 Å². The van der Waals surface area contributed by atoms with Crippen LogP contribution in [0.4, 0.5) is 0 Å². The molecule has 0 radical (unpaired) electrons. The zero-order chi connectivity index (χ0) is 20.9. The summed E-state index contributed by atoms with van der Waals surface area (Å²) in [4.78, 5) is 14.8. The lowest BCUT2D eigenvalue weighted by Gasteiger charge is -2.53. The average molecular weight is 401 g/mol. The van der Waals surface area contributed by atoms with E-state index in [9.17, 15) is 4.79 Å². The summed E-state index contributed by atoms with van der Waals surface area (Å²) in [6.45, 7) is 12.1. The minimum atomic E-state index is -0.395. The molecule has 3 aliphatic heterocycles. The third kappa shape index (κ3) is 3.91. The normalized spacial score (nSPS) is 31.3. The standard InChI is InChI=1S/C24H36N2O3/c1-14(2)10-19(25)23(27)26-9-8-20-16(13-26)12-18-22(28-20)17-7-6-15(3)11-21(17)29-24(18,4)5/h6-7,11,14,16,18-20,22H,8-10,12-13,25H2,1-5H3/t16-,18+,19+,20+,22-/m1/s1. The fraction of sp³-hybridized carbons (Fsp3) is 0.708. The van der Waals surface area contributed by atoms with E-state index >= 15 is 0 Å². The maximum absolute atomic E-state index is 12.8. The number of nitrogens with zero attached hydrogens (tertiary/aromatic N) is 1. The second-order valence-electron chi connectivity index (χ2n) is 10.3. The van der Waals surface area contributed by atoms with E-state index in [-0.39, 0.29) is 29.6 Å². The predicted octanol–water partition coefficient (Wildman–Crippen LogP) is 3.83. The quantitative estimate of drug-likeness (QED) is 0.837. The number of ether oxygens (including phenoxy) is 2. The van der Waals surface area contributed by atoms with Gasteiger partial charge in [0, 0.05) is 30.5 Å². The van der Waals surface area contributed by atoms with Crippen molar-refractivity contribution in [1.29, 1.82) is 0 Å². The highest BCUT2D eigenvalue weighted by Crippen LogP contribution is 2.53. The first-order chi connectivity index (χ1) is 13.7. The largest absolute Gasteiger partial charge is 0.487 e. The number of fused-ring (bicyclic) bond motifs is 4. The average Bonchev–Trinajstić information content (AvgIpc) is 2.64. The van der Waals surface area contributed by atoms with Gasteiger partial charge in [-0.15, -0.1) is 0 Å². The molecule has 1 amide bonds. The molecule has 29 heavy (non-hydrogen) atoms. The van der Waals surface area contributed by atoms with Gasteiger partial charge in [-0.05, 0) is 57.6 Å². The number of piperidine rings is 1. The van der Waals surface area contributed by atoms with Gasteiger partial charge in [0.05, 0.1) is 18.2 Å². The number of benzene rings is 1. The Kier molecular flexibility index (Phi) is 5.41. The molecule has 1 aromatic rings. The molecule has 3 aliphatic rings. The summed E-state index contributed by atoms with van der Waals surface area (Å²) in [5, 5.41) is 0. The van der Waals surface area contributed by atoms with E-state index in [2.05, 4.69) is 52.8 Å². The van der Waals surface area contributed by atoms with Crippen molar-refractivity contribution >= 4 is 5.91 Å². The highest BCUT2D eigenvalue weighted by atomic mass is 16.5. The second kappa shape index (κ2) is 7.59. The Bertz CT molecular complexity index is 775. The van der Waals surface area contributed by atoms with Gasteiger partial charge in [-0.25, -0.2) is 0 Å². The van der Waals surface area contributed by atoms with Crippen LogP contribution in [0.25, 0.3) is 0 Å². The highest BCUT2D eigenvalue weighted by Gasteiger charge is 2.51. The Morgan fingerprint density at radius 1 is 1.34 bits per heavy atom. The van der Waals surface area contributed by atoms with Gasteiger partial charge in [0.25, 0.3) is 0 Å². The lowest BCUT2D eigenvalue weighted by atomic mass is 9.70. The molecule has 1 aromatic carbocycles. The fourth-order valence-electron chi connectivity index (χ4n) is 5.45. The molecule has 0 saturated carbocycles. The van der Waals surface area contributed by atoms with Gasteiger partial charge < -0.3 is 20.1 Å². The third-order valence-electron chi connectivity index (χ3n) is 7.00. The molecule has 4 rings (SSSR count). The molecule has 0 aliphatic carbocycles. The summed E-state index contributed by atoms with van der Waals surface area (Å²) in [5.41, 5.74) is 8.28. The number of rotatable bonds is 3. The number of hydrogen-bond acceptors (Lipinski definition) is 4. The summed E-state index contributed by atoms with van der Waals surface area (Å²) < 4.78 is 13.1. The number of likely N-dealkylation sites (tertiary alicyclic amines) is 1. The molecule has 0 spiro atoms. The number of carbonyl (C=O) groups is 1. The lowest BCUT2D eigenvalue weighted by Crippen LogP contribution is -2.57. The molecule has 3 heterocycles. The number of aryl methyl sites for hydroxylation is 1. The molecule has 0 bridgehead atoms. The SMILES string of the molecule is Cc1ccc2c(c1)OC(C)(C)[C@H]1C[C@@H]3CN(C(=O)[C@@H](N)CC(C)C)CC[C@@H]3O[C@H]21. The maximum Gasteiger partial charge on any atom is 0.239 e. The highest BCUT2D eigenvalue weighted by molar-refractivity contribution is 5.81. The number of hydrogen-bond donors (Lipinski definition) is 1. The molecule has 5 nitrogen and oxygen atoms in total. The number of nitrogens with two attached hydrogens (primary N) is 1. The first-order valence-corrected chi connectivity index (χ1v) is 11.1. The molecule has 5 heteroatoms.